The summed E-state index contributed by atoms with van der Waals surface area (Å²) in [5, 5.41) is 0. The van der Waals surface area contributed by atoms with E-state index in [1.165, 1.54) is 22.3 Å². The highest BCUT2D eigenvalue weighted by molar-refractivity contribution is 6.02. The van der Waals surface area contributed by atoms with Crippen molar-refractivity contribution in [2.24, 2.45) is 0 Å². The van der Waals surface area contributed by atoms with Crippen molar-refractivity contribution in [1.29, 1.82) is 0 Å². The standard InChI is InChI=1S/C68H74N4O4/c1-65(2,3)41-19-31-57-47(37-41)63-53-27-25-51(70-53)61-45-21-17-43(67(7,8)9)39-59(45)75-35-15-16-36-76-60-40-44(68(10,11)12)18-22-46(60)62(50-24-23-49(61)69-50)52-26-28-54(71-52)64(56-30-29-55(63)72-56)48-38-42(66(4,5)6)20-32-58(48)74-34-14-13-33-73-57/h17-32,37-40,70-71H,13-16,33-36H2,1-12H3. The van der Waals surface area contributed by atoms with Gasteiger partial charge >= 0.3 is 0 Å². The number of nitrogens with one attached hydrogen (secondary N) is 2. The van der Waals surface area contributed by atoms with Gasteiger partial charge in [0.15, 0.2) is 0 Å². The SMILES string of the molecule is CC(C)(C)c1ccc2c(c1)OCCCCOc1cc(C(C)(C)C)ccc1-c1c3nc(c-2c2ccc([nH]2)c2c4nc(c(c5ccc1[nH]5)-c1cc(C(C)(C)C)ccc1OCCCCOc1ccc(C(C)(C)C)cc1-2)C=C4)C=C3. The highest BCUT2D eigenvalue weighted by Gasteiger charge is 2.28. The number of aromatic amines is 2. The maximum atomic E-state index is 6.94. The molecule has 0 aliphatic carbocycles. The van der Waals surface area contributed by atoms with Gasteiger partial charge in [0.1, 0.15) is 23.0 Å². The van der Waals surface area contributed by atoms with E-state index < -0.39 is 0 Å². The van der Waals surface area contributed by atoms with Gasteiger partial charge in [-0.1, -0.05) is 119 Å². The fraction of sp³-hybridized carbons (Fsp3) is 0.353. The summed E-state index contributed by atoms with van der Waals surface area (Å²) in [5.41, 5.74) is 18.9. The van der Waals surface area contributed by atoms with Gasteiger partial charge < -0.3 is 28.9 Å². The van der Waals surface area contributed by atoms with Gasteiger partial charge in [-0.15, -0.1) is 0 Å². The third-order valence-corrected chi connectivity index (χ3v) is 15.3. The number of hydrogen-bond acceptors (Lipinski definition) is 6. The highest BCUT2D eigenvalue weighted by atomic mass is 16.5. The molecule has 4 aliphatic heterocycles. The van der Waals surface area contributed by atoms with Crippen LogP contribution in [-0.2, 0) is 21.7 Å². The molecule has 8 heteroatoms. The van der Waals surface area contributed by atoms with Gasteiger partial charge in [0.25, 0.3) is 0 Å². The first-order valence-electron chi connectivity index (χ1n) is 27.5. The van der Waals surface area contributed by atoms with Crippen LogP contribution >= 0.6 is 0 Å². The first-order chi connectivity index (χ1) is 36.2. The molecule has 0 radical (unpaired) electrons. The number of aromatic nitrogens is 4. The Labute approximate surface area is 449 Å². The summed E-state index contributed by atoms with van der Waals surface area (Å²) in [5.74, 6) is 3.27. The number of H-pyrrole nitrogens is 2. The largest absolute Gasteiger partial charge is 0.493 e. The molecule has 3 aromatic heterocycles. The lowest BCUT2D eigenvalue weighted by molar-refractivity contribution is 0.267. The van der Waals surface area contributed by atoms with Crippen LogP contribution in [0.15, 0.2) is 97.1 Å². The van der Waals surface area contributed by atoms with Crippen molar-refractivity contribution in [3.8, 4) is 67.5 Å². The lowest BCUT2D eigenvalue weighted by atomic mass is 9.85. The average molecular weight is 1010 g/mol. The zero-order valence-corrected chi connectivity index (χ0v) is 46.7. The minimum atomic E-state index is -0.136. The summed E-state index contributed by atoms with van der Waals surface area (Å²) in [6.45, 7) is 29.2. The lowest BCUT2D eigenvalue weighted by Gasteiger charge is -2.22. The molecule has 8 nitrogen and oxygen atoms in total. The van der Waals surface area contributed by atoms with Crippen LogP contribution in [0.3, 0.4) is 0 Å². The Morgan fingerprint density at radius 2 is 0.592 bits per heavy atom. The second-order valence-corrected chi connectivity index (χ2v) is 25.2. The molecule has 0 atom stereocenters. The number of ether oxygens (including phenoxy) is 4. The second-order valence-electron chi connectivity index (χ2n) is 25.2. The van der Waals surface area contributed by atoms with Crippen molar-refractivity contribution >= 4 is 46.4 Å². The summed E-state index contributed by atoms with van der Waals surface area (Å²) >= 11 is 0. The molecule has 2 N–H and O–H groups in total. The molecule has 0 saturated heterocycles. The van der Waals surface area contributed by atoms with Crippen molar-refractivity contribution in [1.82, 2.24) is 19.9 Å². The van der Waals surface area contributed by atoms with Gasteiger partial charge in [-0.2, -0.15) is 0 Å². The summed E-state index contributed by atoms with van der Waals surface area (Å²) in [6, 6.07) is 35.6. The van der Waals surface area contributed by atoms with Crippen molar-refractivity contribution in [2.45, 2.75) is 130 Å². The Morgan fingerprint density at radius 1 is 0.316 bits per heavy atom. The number of fused-ring (bicyclic) bond motifs is 16. The highest BCUT2D eigenvalue weighted by Crippen LogP contribution is 2.47. The first-order valence-corrected chi connectivity index (χ1v) is 27.5. The van der Waals surface area contributed by atoms with E-state index in [-0.39, 0.29) is 21.7 Å². The van der Waals surface area contributed by atoms with E-state index >= 15 is 0 Å². The van der Waals surface area contributed by atoms with E-state index in [1.807, 2.05) is 0 Å². The fourth-order valence-electron chi connectivity index (χ4n) is 10.7. The first kappa shape index (κ1) is 50.8. The minimum Gasteiger partial charge on any atom is -0.493 e. The van der Waals surface area contributed by atoms with Gasteiger partial charge in [-0.25, -0.2) is 9.97 Å². The molecule has 0 spiro atoms. The Kier molecular flexibility index (Phi) is 12.9. The topological polar surface area (TPSA) is 94.3 Å². The molecule has 0 saturated carbocycles. The Bertz CT molecular complexity index is 3420. The maximum absolute atomic E-state index is 6.94. The van der Waals surface area contributed by atoms with Crippen LogP contribution in [0, 0.1) is 0 Å². The molecular formula is C68H74N4O4. The van der Waals surface area contributed by atoms with Crippen molar-refractivity contribution in [3.63, 3.8) is 0 Å². The van der Waals surface area contributed by atoms with Crippen LogP contribution in [0.1, 0.15) is 154 Å². The predicted molar refractivity (Wildman–Crippen MR) is 316 cm³/mol. The van der Waals surface area contributed by atoms with Crippen molar-refractivity contribution in [3.05, 3.63) is 142 Å². The number of hydrogen-bond donors (Lipinski definition) is 2. The summed E-state index contributed by atoms with van der Waals surface area (Å²) in [7, 11) is 0. The Hall–Kier alpha value is -7.32. The normalized spacial score (nSPS) is 15.0. The number of benzene rings is 4. The summed E-state index contributed by atoms with van der Waals surface area (Å²) < 4.78 is 27.6. The van der Waals surface area contributed by atoms with Crippen LogP contribution in [-0.4, -0.2) is 46.4 Å². The van der Waals surface area contributed by atoms with E-state index in [9.17, 15) is 0 Å². The lowest BCUT2D eigenvalue weighted by Crippen LogP contribution is -2.12. The molecule has 390 valence electrons. The van der Waals surface area contributed by atoms with Crippen LogP contribution in [0.4, 0.5) is 0 Å². The van der Waals surface area contributed by atoms with E-state index in [4.69, 9.17) is 28.9 Å². The van der Waals surface area contributed by atoms with Crippen molar-refractivity contribution in [2.75, 3.05) is 26.4 Å². The summed E-state index contributed by atoms with van der Waals surface area (Å²) in [6.07, 6.45) is 11.9. The molecule has 7 heterocycles. The average Bonchev–Trinajstić information content (AvgIpc) is 4.23. The molecule has 4 aliphatic rings. The van der Waals surface area contributed by atoms with Gasteiger partial charge in [-0.05, 0) is 155 Å². The molecule has 12 bridgehead atoms. The van der Waals surface area contributed by atoms with Crippen LogP contribution in [0.5, 0.6) is 23.0 Å². The van der Waals surface area contributed by atoms with E-state index in [0.717, 1.165) is 138 Å². The number of nitrogens with zero attached hydrogens (tertiary/aromatic N) is 2. The van der Waals surface area contributed by atoms with Gasteiger partial charge in [-0.3, -0.25) is 0 Å². The minimum absolute atomic E-state index is 0.105. The fourth-order valence-corrected chi connectivity index (χ4v) is 10.7. The Balaban J connectivity index is 1.36. The Morgan fingerprint density at radius 3 is 0.908 bits per heavy atom. The molecule has 11 rings (SSSR count). The molecular weight excluding hydrogens is 937 g/mol. The van der Waals surface area contributed by atoms with E-state index in [1.54, 1.807) is 0 Å². The second kappa shape index (κ2) is 19.4. The van der Waals surface area contributed by atoms with Crippen molar-refractivity contribution < 1.29 is 18.9 Å². The molecule has 76 heavy (non-hydrogen) atoms. The monoisotopic (exact) mass is 1010 g/mol. The van der Waals surface area contributed by atoms with E-state index in [0.29, 0.717) is 26.4 Å². The zero-order valence-electron chi connectivity index (χ0n) is 46.7. The zero-order chi connectivity index (χ0) is 53.3. The molecule has 0 amide bonds. The van der Waals surface area contributed by atoms with Crippen LogP contribution in [0.2, 0.25) is 0 Å². The van der Waals surface area contributed by atoms with Crippen LogP contribution < -0.4 is 18.9 Å². The van der Waals surface area contributed by atoms with Gasteiger partial charge in [0.2, 0.25) is 0 Å². The van der Waals surface area contributed by atoms with Gasteiger partial charge in [0, 0.05) is 66.6 Å². The molecule has 0 fully saturated rings. The van der Waals surface area contributed by atoms with Crippen LogP contribution in [0.25, 0.3) is 90.9 Å². The molecule has 0 unspecified atom stereocenters. The van der Waals surface area contributed by atoms with E-state index in [2.05, 4.69) is 214 Å². The van der Waals surface area contributed by atoms with Gasteiger partial charge in [0.05, 0.1) is 49.2 Å². The molecule has 7 aromatic rings. The number of rotatable bonds is 0. The maximum Gasteiger partial charge on any atom is 0.127 e. The molecule has 4 aromatic carbocycles. The third-order valence-electron chi connectivity index (χ3n) is 15.3. The third kappa shape index (κ3) is 9.87. The smallest absolute Gasteiger partial charge is 0.127 e. The summed E-state index contributed by atoms with van der Waals surface area (Å²) in [4.78, 5) is 19.5. The predicted octanol–water partition coefficient (Wildman–Crippen LogP) is 17.6. The quantitative estimate of drug-likeness (QED) is 0.157.